The lowest BCUT2D eigenvalue weighted by atomic mass is 10.2. The van der Waals surface area contributed by atoms with Gasteiger partial charge in [0.25, 0.3) is 0 Å². The first-order valence-electron chi connectivity index (χ1n) is 5.23. The number of anilines is 1. The number of sulfone groups is 1. The zero-order valence-corrected chi connectivity index (χ0v) is 11.0. The molecule has 0 aromatic heterocycles. The van der Waals surface area contributed by atoms with Crippen LogP contribution in [0.5, 0.6) is 0 Å². The molecule has 0 atom stereocenters. The van der Waals surface area contributed by atoms with Crippen molar-refractivity contribution in [1.29, 1.82) is 0 Å². The van der Waals surface area contributed by atoms with Crippen LogP contribution in [-0.4, -0.2) is 27.8 Å². The van der Waals surface area contributed by atoms with E-state index in [1.165, 1.54) is 24.3 Å². The molecule has 0 unspecified atom stereocenters. The maximum atomic E-state index is 12.3. The van der Waals surface area contributed by atoms with E-state index < -0.39 is 15.6 Å². The lowest BCUT2D eigenvalue weighted by Crippen LogP contribution is -2.19. The summed E-state index contributed by atoms with van der Waals surface area (Å²) < 4.78 is 47.1. The summed E-state index contributed by atoms with van der Waals surface area (Å²) in [6.45, 7) is 6.24. The minimum absolute atomic E-state index is 0.370. The van der Waals surface area contributed by atoms with Gasteiger partial charge in [0.05, 0.1) is 4.90 Å². The highest BCUT2D eigenvalue weighted by molar-refractivity contribution is 7.91. The van der Waals surface area contributed by atoms with Crippen LogP contribution in [0.15, 0.2) is 41.3 Å². The zero-order chi connectivity index (χ0) is 13.9. The van der Waals surface area contributed by atoms with E-state index >= 15 is 0 Å². The Labute approximate surface area is 106 Å². The molecule has 0 heterocycles. The van der Waals surface area contributed by atoms with Crippen molar-refractivity contribution >= 4 is 15.5 Å². The maximum Gasteiger partial charge on any atom is 0.341 e. The van der Waals surface area contributed by atoms with Gasteiger partial charge in [-0.15, -0.1) is 0 Å². The van der Waals surface area contributed by atoms with Gasteiger partial charge in [-0.3, -0.25) is 0 Å². The van der Waals surface area contributed by atoms with E-state index in [2.05, 4.69) is 6.58 Å². The molecule has 0 radical (unpaired) electrons. The third-order valence-electron chi connectivity index (χ3n) is 2.35. The Hall–Kier alpha value is -1.43. The minimum atomic E-state index is -4.51. The number of benzene rings is 1. The number of rotatable bonds is 5. The van der Waals surface area contributed by atoms with Crippen molar-refractivity contribution in [3.8, 4) is 0 Å². The Morgan fingerprint density at radius 2 is 1.83 bits per heavy atom. The molecule has 18 heavy (non-hydrogen) atoms. The van der Waals surface area contributed by atoms with Gasteiger partial charge in [0.2, 0.25) is 9.84 Å². The fraction of sp³-hybridized carbons (Fsp3) is 0.333. The van der Waals surface area contributed by atoms with Crippen LogP contribution in [0, 0.1) is 0 Å². The Kier molecular flexibility index (Phi) is 4.45. The van der Waals surface area contributed by atoms with Gasteiger partial charge < -0.3 is 4.90 Å². The molecule has 0 bridgehead atoms. The van der Waals surface area contributed by atoms with Crippen LogP contribution >= 0.6 is 0 Å². The molecule has 0 N–H and O–H groups in total. The van der Waals surface area contributed by atoms with E-state index in [1.54, 1.807) is 0 Å². The second kappa shape index (κ2) is 5.48. The largest absolute Gasteiger partial charge is 0.371 e. The van der Waals surface area contributed by atoms with Crippen molar-refractivity contribution < 1.29 is 17.2 Å². The van der Waals surface area contributed by atoms with E-state index in [-0.39, 0.29) is 4.90 Å². The van der Waals surface area contributed by atoms with Gasteiger partial charge in [-0.05, 0) is 31.2 Å². The molecule has 3 nitrogen and oxygen atoms in total. The van der Waals surface area contributed by atoms with E-state index in [0.29, 0.717) is 6.54 Å². The Morgan fingerprint density at radius 1 is 1.33 bits per heavy atom. The Morgan fingerprint density at radius 3 is 2.22 bits per heavy atom. The SMILES string of the molecule is C=C(C)CN(C)c1ccc(S(=O)(=O)C(F)F)cc1. The van der Waals surface area contributed by atoms with Gasteiger partial charge in [0.15, 0.2) is 0 Å². The molecular formula is C12H15F2NO2S. The fourth-order valence-electron chi connectivity index (χ4n) is 1.49. The Bertz CT molecular complexity index is 524. The summed E-state index contributed by atoms with van der Waals surface area (Å²) in [7, 11) is -2.70. The van der Waals surface area contributed by atoms with E-state index in [9.17, 15) is 17.2 Å². The summed E-state index contributed by atoms with van der Waals surface area (Å²) in [5.74, 6) is -3.39. The molecule has 0 aliphatic heterocycles. The summed E-state index contributed by atoms with van der Waals surface area (Å²) in [5, 5.41) is 0. The van der Waals surface area contributed by atoms with Crippen molar-refractivity contribution in [1.82, 2.24) is 0 Å². The van der Waals surface area contributed by atoms with Crippen molar-refractivity contribution in [2.75, 3.05) is 18.5 Å². The summed E-state index contributed by atoms with van der Waals surface area (Å²) in [6, 6.07) is 5.37. The van der Waals surface area contributed by atoms with E-state index in [0.717, 1.165) is 11.3 Å². The van der Waals surface area contributed by atoms with Crippen LogP contribution in [0.3, 0.4) is 0 Å². The van der Waals surface area contributed by atoms with Crippen LogP contribution < -0.4 is 4.90 Å². The monoisotopic (exact) mass is 275 g/mol. The average molecular weight is 275 g/mol. The van der Waals surface area contributed by atoms with Crippen LogP contribution in [0.1, 0.15) is 6.92 Å². The van der Waals surface area contributed by atoms with Gasteiger partial charge in [-0.1, -0.05) is 12.2 Å². The van der Waals surface area contributed by atoms with Gasteiger partial charge >= 0.3 is 5.76 Å². The molecule has 0 saturated heterocycles. The lowest BCUT2D eigenvalue weighted by Gasteiger charge is -2.19. The first-order valence-corrected chi connectivity index (χ1v) is 6.77. The second-order valence-electron chi connectivity index (χ2n) is 4.11. The third kappa shape index (κ3) is 3.29. The van der Waals surface area contributed by atoms with Gasteiger partial charge in [-0.2, -0.15) is 8.78 Å². The molecule has 0 fully saturated rings. The molecule has 1 aromatic carbocycles. The number of nitrogens with zero attached hydrogens (tertiary/aromatic N) is 1. The summed E-state index contributed by atoms with van der Waals surface area (Å²) in [4.78, 5) is 1.48. The summed E-state index contributed by atoms with van der Waals surface area (Å²) >= 11 is 0. The first kappa shape index (κ1) is 14.6. The van der Waals surface area contributed by atoms with Crippen LogP contribution in [0.4, 0.5) is 14.5 Å². The molecule has 1 aromatic rings. The number of hydrogen-bond donors (Lipinski definition) is 0. The van der Waals surface area contributed by atoms with E-state index in [4.69, 9.17) is 0 Å². The molecule has 0 aliphatic rings. The average Bonchev–Trinajstić information content (AvgIpc) is 2.28. The van der Waals surface area contributed by atoms with Crippen molar-refractivity contribution in [2.24, 2.45) is 0 Å². The predicted octanol–water partition coefficient (Wildman–Crippen LogP) is 2.70. The maximum absolute atomic E-state index is 12.3. The van der Waals surface area contributed by atoms with E-state index in [1.807, 2.05) is 18.9 Å². The standard InChI is InChI=1S/C12H15F2NO2S/c1-9(2)8-15(3)10-4-6-11(7-5-10)18(16,17)12(13)14/h4-7,12H,1,8H2,2-3H3. The number of halogens is 2. The normalized spacial score (nSPS) is 11.6. The first-order chi connectivity index (χ1) is 8.25. The molecule has 1 rings (SSSR count). The summed E-state index contributed by atoms with van der Waals surface area (Å²) in [6.07, 6.45) is 0. The number of alkyl halides is 2. The van der Waals surface area contributed by atoms with Crippen LogP contribution in [0.2, 0.25) is 0 Å². The third-order valence-corrected chi connectivity index (χ3v) is 3.75. The molecule has 0 saturated carbocycles. The van der Waals surface area contributed by atoms with Crippen LogP contribution in [0.25, 0.3) is 0 Å². The second-order valence-corrected chi connectivity index (χ2v) is 6.03. The highest BCUT2D eigenvalue weighted by Gasteiger charge is 2.26. The van der Waals surface area contributed by atoms with Crippen molar-refractivity contribution in [2.45, 2.75) is 17.6 Å². The topological polar surface area (TPSA) is 37.4 Å². The van der Waals surface area contributed by atoms with Crippen LogP contribution in [-0.2, 0) is 9.84 Å². The van der Waals surface area contributed by atoms with Gasteiger partial charge in [0, 0.05) is 19.3 Å². The lowest BCUT2D eigenvalue weighted by molar-refractivity contribution is 0.234. The molecular weight excluding hydrogens is 260 g/mol. The molecule has 100 valence electrons. The number of likely N-dealkylation sites (N-methyl/N-ethyl adjacent to an activating group) is 1. The molecule has 0 amide bonds. The smallest absolute Gasteiger partial charge is 0.341 e. The zero-order valence-electron chi connectivity index (χ0n) is 10.2. The number of hydrogen-bond acceptors (Lipinski definition) is 3. The van der Waals surface area contributed by atoms with Crippen molar-refractivity contribution in [3.63, 3.8) is 0 Å². The van der Waals surface area contributed by atoms with Gasteiger partial charge in [-0.25, -0.2) is 8.42 Å². The molecule has 0 spiro atoms. The highest BCUT2D eigenvalue weighted by Crippen LogP contribution is 2.21. The van der Waals surface area contributed by atoms with Gasteiger partial charge in [0.1, 0.15) is 0 Å². The molecule has 6 heteroatoms. The fourth-order valence-corrected chi connectivity index (χ4v) is 2.21. The summed E-state index contributed by atoms with van der Waals surface area (Å²) in [5.41, 5.74) is 1.69. The quantitative estimate of drug-likeness (QED) is 0.775. The Balaban J connectivity index is 2.97. The van der Waals surface area contributed by atoms with Crippen molar-refractivity contribution in [3.05, 3.63) is 36.4 Å². The predicted molar refractivity (Wildman–Crippen MR) is 67.7 cm³/mol. The highest BCUT2D eigenvalue weighted by atomic mass is 32.2. The molecule has 0 aliphatic carbocycles. The minimum Gasteiger partial charge on any atom is -0.371 e.